The molecule has 0 bridgehead atoms. The number of rotatable bonds is 18. The molecule has 0 radical (unpaired) electrons. The molecule has 3 atom stereocenters. The Labute approximate surface area is 228 Å². The maximum absolute atomic E-state index is 13.6. The smallest absolute Gasteiger partial charge is 0.417 e. The summed E-state index contributed by atoms with van der Waals surface area (Å²) in [7, 11) is 0. The van der Waals surface area contributed by atoms with Crippen LogP contribution in [0.4, 0.5) is 4.79 Å². The molecule has 1 aliphatic rings. The molecule has 0 saturated carbocycles. The third-order valence-electron chi connectivity index (χ3n) is 7.23. The quantitative estimate of drug-likeness (QED) is 0.217. The van der Waals surface area contributed by atoms with Crippen molar-refractivity contribution in [3.05, 3.63) is 71.8 Å². The molecule has 1 saturated heterocycles. The Balaban J connectivity index is 1.55. The van der Waals surface area contributed by atoms with Gasteiger partial charge in [-0.15, -0.1) is 0 Å². The molecule has 0 aromatic heterocycles. The van der Waals surface area contributed by atoms with Crippen LogP contribution in [-0.2, 0) is 27.3 Å². The van der Waals surface area contributed by atoms with Gasteiger partial charge < -0.3 is 14.6 Å². The average molecular weight is 524 g/mol. The number of carbonyl (C=O) groups is 2. The standard InChI is InChI=1S/C32H45NO5/c1-2-3-4-5-6-7-8-9-10-17-22-29(34)30(37-24-27-20-15-12-16-21-27)31(35)33-28(25-38-32(33)36)23-26-18-13-11-14-19-26/h11-16,18-21,28-30,34H,2-10,17,22-25H2,1H3/t28-,29+,30-/m0/s1. The number of hydrogen-bond donors (Lipinski definition) is 1. The predicted molar refractivity (Wildman–Crippen MR) is 150 cm³/mol. The number of ether oxygens (including phenoxy) is 2. The second-order valence-corrected chi connectivity index (χ2v) is 10.4. The van der Waals surface area contributed by atoms with E-state index in [1.165, 1.54) is 44.9 Å². The zero-order chi connectivity index (χ0) is 27.0. The number of cyclic esters (lactones) is 1. The van der Waals surface area contributed by atoms with Crippen LogP contribution in [0.1, 0.15) is 88.7 Å². The Bertz CT molecular complexity index is 935. The fourth-order valence-electron chi connectivity index (χ4n) is 5.00. The van der Waals surface area contributed by atoms with Gasteiger partial charge in [0.05, 0.1) is 18.8 Å². The van der Waals surface area contributed by atoms with Crippen molar-refractivity contribution in [3.63, 3.8) is 0 Å². The first-order valence-electron chi connectivity index (χ1n) is 14.5. The Morgan fingerprint density at radius 1 is 0.895 bits per heavy atom. The minimum Gasteiger partial charge on any atom is -0.447 e. The number of benzene rings is 2. The number of unbranched alkanes of at least 4 members (excludes halogenated alkanes) is 9. The highest BCUT2D eigenvalue weighted by atomic mass is 16.6. The molecular formula is C32H45NO5. The predicted octanol–water partition coefficient (Wildman–Crippen LogP) is 6.83. The minimum absolute atomic E-state index is 0.138. The zero-order valence-corrected chi connectivity index (χ0v) is 22.9. The van der Waals surface area contributed by atoms with Crippen molar-refractivity contribution in [1.29, 1.82) is 0 Å². The highest BCUT2D eigenvalue weighted by Crippen LogP contribution is 2.23. The van der Waals surface area contributed by atoms with Gasteiger partial charge in [-0.3, -0.25) is 4.79 Å². The molecule has 208 valence electrons. The van der Waals surface area contributed by atoms with Crippen LogP contribution in [0.5, 0.6) is 0 Å². The Morgan fingerprint density at radius 3 is 2.05 bits per heavy atom. The van der Waals surface area contributed by atoms with E-state index in [9.17, 15) is 14.7 Å². The maximum atomic E-state index is 13.6. The van der Waals surface area contributed by atoms with E-state index in [1.54, 1.807) is 0 Å². The van der Waals surface area contributed by atoms with Gasteiger partial charge in [-0.05, 0) is 24.0 Å². The first-order valence-corrected chi connectivity index (χ1v) is 14.5. The first-order chi connectivity index (χ1) is 18.6. The highest BCUT2D eigenvalue weighted by Gasteiger charge is 2.43. The van der Waals surface area contributed by atoms with Crippen LogP contribution < -0.4 is 0 Å². The van der Waals surface area contributed by atoms with E-state index >= 15 is 0 Å². The van der Waals surface area contributed by atoms with Gasteiger partial charge in [0.2, 0.25) is 0 Å². The summed E-state index contributed by atoms with van der Waals surface area (Å²) in [6.07, 6.45) is 10.1. The Hall–Kier alpha value is -2.70. The van der Waals surface area contributed by atoms with Gasteiger partial charge >= 0.3 is 6.09 Å². The lowest BCUT2D eigenvalue weighted by molar-refractivity contribution is -0.151. The maximum Gasteiger partial charge on any atom is 0.417 e. The Morgan fingerprint density at radius 2 is 1.45 bits per heavy atom. The van der Waals surface area contributed by atoms with E-state index in [1.807, 2.05) is 60.7 Å². The van der Waals surface area contributed by atoms with E-state index in [2.05, 4.69) is 6.92 Å². The molecule has 6 nitrogen and oxygen atoms in total. The molecule has 6 heteroatoms. The summed E-state index contributed by atoms with van der Waals surface area (Å²) >= 11 is 0. The van der Waals surface area contributed by atoms with Gasteiger partial charge in [-0.2, -0.15) is 0 Å². The van der Waals surface area contributed by atoms with Crippen LogP contribution in [0.15, 0.2) is 60.7 Å². The first kappa shape index (κ1) is 29.9. The van der Waals surface area contributed by atoms with Crippen LogP contribution in [0.2, 0.25) is 0 Å². The van der Waals surface area contributed by atoms with Crippen molar-refractivity contribution in [2.45, 2.75) is 109 Å². The third kappa shape index (κ3) is 9.88. The molecule has 2 aromatic carbocycles. The summed E-state index contributed by atoms with van der Waals surface area (Å²) in [5, 5.41) is 11.1. The van der Waals surface area contributed by atoms with Crippen LogP contribution >= 0.6 is 0 Å². The van der Waals surface area contributed by atoms with Crippen molar-refractivity contribution >= 4 is 12.0 Å². The molecule has 0 aliphatic carbocycles. The molecule has 0 spiro atoms. The van der Waals surface area contributed by atoms with Crippen molar-refractivity contribution < 1.29 is 24.2 Å². The van der Waals surface area contributed by atoms with Gasteiger partial charge in [0.15, 0.2) is 6.10 Å². The van der Waals surface area contributed by atoms with E-state index in [-0.39, 0.29) is 13.2 Å². The van der Waals surface area contributed by atoms with E-state index < -0.39 is 30.3 Å². The van der Waals surface area contributed by atoms with E-state index in [0.717, 1.165) is 35.3 Å². The monoisotopic (exact) mass is 523 g/mol. The van der Waals surface area contributed by atoms with Crippen molar-refractivity contribution in [2.24, 2.45) is 0 Å². The van der Waals surface area contributed by atoms with Crippen molar-refractivity contribution in [1.82, 2.24) is 4.90 Å². The lowest BCUT2D eigenvalue weighted by atomic mass is 10.0. The summed E-state index contributed by atoms with van der Waals surface area (Å²) in [6.45, 7) is 2.55. The van der Waals surface area contributed by atoms with Gasteiger partial charge in [-0.1, -0.05) is 132 Å². The zero-order valence-electron chi connectivity index (χ0n) is 22.9. The summed E-state index contributed by atoms with van der Waals surface area (Å²) in [4.78, 5) is 27.4. The van der Waals surface area contributed by atoms with Gasteiger partial charge in [0, 0.05) is 0 Å². The molecule has 3 rings (SSSR count). The summed E-state index contributed by atoms with van der Waals surface area (Å²) in [5.41, 5.74) is 1.92. The number of aliphatic hydroxyl groups excluding tert-OH is 1. The van der Waals surface area contributed by atoms with Gasteiger partial charge in [0.25, 0.3) is 5.91 Å². The highest BCUT2D eigenvalue weighted by molar-refractivity contribution is 5.96. The molecular weight excluding hydrogens is 478 g/mol. The third-order valence-corrected chi connectivity index (χ3v) is 7.23. The molecule has 0 unspecified atom stereocenters. The topological polar surface area (TPSA) is 76.1 Å². The van der Waals surface area contributed by atoms with Crippen molar-refractivity contribution in [3.8, 4) is 0 Å². The molecule has 1 heterocycles. The molecule has 1 fully saturated rings. The largest absolute Gasteiger partial charge is 0.447 e. The second-order valence-electron chi connectivity index (χ2n) is 10.4. The second kappa shape index (κ2) is 17.0. The fourth-order valence-corrected chi connectivity index (χ4v) is 5.00. The summed E-state index contributed by atoms with van der Waals surface area (Å²) in [5.74, 6) is -0.524. The fraction of sp³-hybridized carbons (Fsp3) is 0.562. The molecule has 2 aromatic rings. The SMILES string of the molecule is CCCCCCCCCCCC[C@@H](O)[C@H](OCc1ccccc1)C(=O)N1C(=O)OC[C@@H]1Cc1ccccc1. The van der Waals surface area contributed by atoms with Crippen molar-refractivity contribution in [2.75, 3.05) is 6.61 Å². The molecule has 1 aliphatic heterocycles. The molecule has 2 amide bonds. The number of nitrogens with zero attached hydrogens (tertiary/aromatic N) is 1. The van der Waals surface area contributed by atoms with Gasteiger partial charge in [0.1, 0.15) is 6.61 Å². The van der Waals surface area contributed by atoms with E-state index in [0.29, 0.717) is 12.8 Å². The van der Waals surface area contributed by atoms with Crippen LogP contribution in [0.3, 0.4) is 0 Å². The normalized spacial score (nSPS) is 16.8. The number of aliphatic hydroxyl groups is 1. The number of carbonyl (C=O) groups excluding carboxylic acids is 2. The van der Waals surface area contributed by atoms with Crippen LogP contribution in [0, 0.1) is 0 Å². The van der Waals surface area contributed by atoms with Crippen LogP contribution in [0.25, 0.3) is 0 Å². The summed E-state index contributed by atoms with van der Waals surface area (Å²) < 4.78 is 11.3. The van der Waals surface area contributed by atoms with Gasteiger partial charge in [-0.25, -0.2) is 9.69 Å². The number of amides is 2. The van der Waals surface area contributed by atoms with E-state index in [4.69, 9.17) is 9.47 Å². The molecule has 1 N–H and O–H groups in total. The molecule has 38 heavy (non-hydrogen) atoms. The van der Waals surface area contributed by atoms with Crippen LogP contribution in [-0.4, -0.2) is 46.9 Å². The summed E-state index contributed by atoms with van der Waals surface area (Å²) in [6, 6.07) is 18.9. The number of imide groups is 1. The number of hydrogen-bond acceptors (Lipinski definition) is 5. The average Bonchev–Trinajstić information content (AvgIpc) is 3.30. The lowest BCUT2D eigenvalue weighted by Gasteiger charge is -2.28. The lowest BCUT2D eigenvalue weighted by Crippen LogP contribution is -2.50. The Kier molecular flexibility index (Phi) is 13.4. The minimum atomic E-state index is -1.13.